The summed E-state index contributed by atoms with van der Waals surface area (Å²) in [7, 11) is 3.77. The average Bonchev–Trinajstić information content (AvgIpc) is 3.14. The Balaban J connectivity index is 1.54. The zero-order valence-electron chi connectivity index (χ0n) is 14.6. The molecule has 1 aromatic heterocycles. The molecule has 24 heavy (non-hydrogen) atoms. The maximum atomic E-state index is 5.90. The molecule has 1 N–H and O–H groups in total. The highest BCUT2D eigenvalue weighted by Crippen LogP contribution is 2.36. The molecule has 0 fully saturated rings. The fraction of sp³-hybridized carbons (Fsp3) is 0.526. The second kappa shape index (κ2) is 6.13. The number of ether oxygens (including phenoxy) is 2. The van der Waals surface area contributed by atoms with E-state index in [1.165, 1.54) is 23.2 Å². The number of aromatic nitrogens is 2. The van der Waals surface area contributed by atoms with Gasteiger partial charge in [-0.3, -0.25) is 4.68 Å². The van der Waals surface area contributed by atoms with E-state index in [0.29, 0.717) is 6.04 Å². The van der Waals surface area contributed by atoms with Crippen LogP contribution >= 0.6 is 0 Å². The molecule has 4 rings (SSSR count). The van der Waals surface area contributed by atoms with E-state index in [0.717, 1.165) is 42.9 Å². The molecule has 1 aromatic carbocycles. The zero-order valence-corrected chi connectivity index (χ0v) is 14.6. The van der Waals surface area contributed by atoms with Gasteiger partial charge in [0, 0.05) is 48.4 Å². The van der Waals surface area contributed by atoms with E-state index in [1.807, 2.05) is 17.9 Å². The first-order chi connectivity index (χ1) is 11.7. The second-order valence-electron chi connectivity index (χ2n) is 6.90. The van der Waals surface area contributed by atoms with E-state index in [-0.39, 0.29) is 6.10 Å². The first kappa shape index (κ1) is 15.5. The number of hydrogen-bond donors (Lipinski definition) is 1. The molecule has 2 atom stereocenters. The van der Waals surface area contributed by atoms with Crippen LogP contribution in [0.15, 0.2) is 18.3 Å². The Bertz CT molecular complexity index is 753. The summed E-state index contributed by atoms with van der Waals surface area (Å²) in [6.45, 7) is 2.88. The Morgan fingerprint density at radius 2 is 2.29 bits per heavy atom. The Hall–Kier alpha value is -2.01. The van der Waals surface area contributed by atoms with E-state index < -0.39 is 0 Å². The minimum atomic E-state index is 0.254. The normalized spacial score (nSPS) is 22.0. The molecule has 2 aromatic rings. The van der Waals surface area contributed by atoms with Crippen molar-refractivity contribution in [1.29, 1.82) is 0 Å². The average molecular weight is 327 g/mol. The molecule has 0 unspecified atom stereocenters. The van der Waals surface area contributed by atoms with Crippen molar-refractivity contribution in [3.8, 4) is 11.5 Å². The van der Waals surface area contributed by atoms with Crippen LogP contribution in [-0.2, 0) is 26.4 Å². The van der Waals surface area contributed by atoms with Gasteiger partial charge in [0.15, 0.2) is 0 Å². The predicted molar refractivity (Wildman–Crippen MR) is 92.5 cm³/mol. The molecular formula is C19H25N3O2. The highest BCUT2D eigenvalue weighted by Gasteiger charge is 2.25. The lowest BCUT2D eigenvalue weighted by Gasteiger charge is -2.24. The van der Waals surface area contributed by atoms with Crippen LogP contribution < -0.4 is 14.8 Å². The first-order valence-electron chi connectivity index (χ1n) is 8.76. The summed E-state index contributed by atoms with van der Waals surface area (Å²) in [5.74, 6) is 1.95. The highest BCUT2D eigenvalue weighted by molar-refractivity contribution is 5.48. The lowest BCUT2D eigenvalue weighted by Crippen LogP contribution is -2.25. The Labute approximate surface area is 143 Å². The largest absolute Gasteiger partial charge is 0.496 e. The number of methoxy groups -OCH3 is 1. The van der Waals surface area contributed by atoms with Crippen molar-refractivity contribution in [2.75, 3.05) is 7.11 Å². The molecule has 128 valence electrons. The molecule has 0 saturated carbocycles. The number of rotatable bonds is 4. The van der Waals surface area contributed by atoms with E-state index in [2.05, 4.69) is 29.5 Å². The van der Waals surface area contributed by atoms with Crippen LogP contribution in [0.1, 0.15) is 48.2 Å². The van der Waals surface area contributed by atoms with Gasteiger partial charge in [-0.15, -0.1) is 0 Å². The van der Waals surface area contributed by atoms with Gasteiger partial charge in [-0.2, -0.15) is 5.10 Å². The minimum Gasteiger partial charge on any atom is -0.496 e. The number of aryl methyl sites for hydroxylation is 1. The molecule has 0 radical (unpaired) electrons. The maximum Gasteiger partial charge on any atom is 0.123 e. The van der Waals surface area contributed by atoms with Gasteiger partial charge >= 0.3 is 0 Å². The lowest BCUT2D eigenvalue weighted by molar-refractivity contribution is 0.254. The van der Waals surface area contributed by atoms with Crippen molar-refractivity contribution in [3.63, 3.8) is 0 Å². The fourth-order valence-corrected chi connectivity index (χ4v) is 3.96. The van der Waals surface area contributed by atoms with Crippen molar-refractivity contribution in [2.24, 2.45) is 7.05 Å². The molecule has 2 aliphatic rings. The molecular weight excluding hydrogens is 302 g/mol. The summed E-state index contributed by atoms with van der Waals surface area (Å²) in [5.41, 5.74) is 5.10. The second-order valence-corrected chi connectivity index (χ2v) is 6.90. The number of hydrogen-bond acceptors (Lipinski definition) is 4. The van der Waals surface area contributed by atoms with E-state index in [4.69, 9.17) is 9.47 Å². The molecule has 1 aliphatic heterocycles. The van der Waals surface area contributed by atoms with Crippen LogP contribution in [0, 0.1) is 0 Å². The highest BCUT2D eigenvalue weighted by atomic mass is 16.5. The third kappa shape index (κ3) is 2.67. The van der Waals surface area contributed by atoms with Crippen LogP contribution in [-0.4, -0.2) is 23.0 Å². The Morgan fingerprint density at radius 1 is 1.42 bits per heavy atom. The van der Waals surface area contributed by atoms with Crippen molar-refractivity contribution in [2.45, 2.75) is 51.3 Å². The van der Waals surface area contributed by atoms with Crippen molar-refractivity contribution in [1.82, 2.24) is 15.1 Å². The van der Waals surface area contributed by atoms with Crippen LogP contribution in [0.3, 0.4) is 0 Å². The third-order valence-electron chi connectivity index (χ3n) is 5.21. The van der Waals surface area contributed by atoms with Gasteiger partial charge in [0.05, 0.1) is 13.3 Å². The van der Waals surface area contributed by atoms with E-state index >= 15 is 0 Å². The molecule has 5 nitrogen and oxygen atoms in total. The standard InChI is InChI=1S/C19H25N3O2/c1-12-7-13-8-18(23-3)14(9-19(13)24-12)10-20-16-5-4-6-17-15(16)11-21-22(17)2/h8-9,11-12,16,20H,4-7,10H2,1-3H3/t12-,16-/m1/s1. The molecule has 0 amide bonds. The predicted octanol–water partition coefficient (Wildman–Crippen LogP) is 2.92. The van der Waals surface area contributed by atoms with E-state index in [9.17, 15) is 0 Å². The van der Waals surface area contributed by atoms with Crippen molar-refractivity contribution in [3.05, 3.63) is 40.7 Å². The van der Waals surface area contributed by atoms with Gasteiger partial charge in [-0.05, 0) is 38.3 Å². The monoisotopic (exact) mass is 327 g/mol. The number of benzene rings is 1. The van der Waals surface area contributed by atoms with Gasteiger partial charge in [-0.25, -0.2) is 0 Å². The Morgan fingerprint density at radius 3 is 3.12 bits per heavy atom. The molecule has 0 spiro atoms. The summed E-state index contributed by atoms with van der Waals surface area (Å²) in [6.07, 6.45) is 6.70. The summed E-state index contributed by atoms with van der Waals surface area (Å²) >= 11 is 0. The van der Waals surface area contributed by atoms with Crippen LogP contribution in [0.4, 0.5) is 0 Å². The molecule has 1 aliphatic carbocycles. The summed E-state index contributed by atoms with van der Waals surface area (Å²) in [5, 5.41) is 8.12. The molecule has 5 heteroatoms. The van der Waals surface area contributed by atoms with Gasteiger partial charge < -0.3 is 14.8 Å². The van der Waals surface area contributed by atoms with Crippen LogP contribution in [0.25, 0.3) is 0 Å². The van der Waals surface area contributed by atoms with Gasteiger partial charge in [0.2, 0.25) is 0 Å². The van der Waals surface area contributed by atoms with Crippen molar-refractivity contribution < 1.29 is 9.47 Å². The minimum absolute atomic E-state index is 0.254. The third-order valence-corrected chi connectivity index (χ3v) is 5.21. The van der Waals surface area contributed by atoms with Crippen LogP contribution in [0.5, 0.6) is 11.5 Å². The maximum absolute atomic E-state index is 5.90. The quantitative estimate of drug-likeness (QED) is 0.938. The topological polar surface area (TPSA) is 48.3 Å². The SMILES string of the molecule is COc1cc2c(cc1CN[C@@H]1CCCc3c1cnn3C)O[C@H](C)C2. The number of nitrogens with zero attached hydrogens (tertiary/aromatic N) is 2. The Kier molecular flexibility index (Phi) is 3.96. The number of fused-ring (bicyclic) bond motifs is 2. The van der Waals surface area contributed by atoms with Crippen molar-refractivity contribution >= 4 is 0 Å². The summed E-state index contributed by atoms with van der Waals surface area (Å²) < 4.78 is 13.5. The molecule has 0 bridgehead atoms. The molecule has 2 heterocycles. The van der Waals surface area contributed by atoms with Gasteiger partial charge in [-0.1, -0.05) is 0 Å². The lowest BCUT2D eigenvalue weighted by atomic mass is 9.93. The molecule has 0 saturated heterocycles. The zero-order chi connectivity index (χ0) is 16.7. The summed E-state index contributed by atoms with van der Waals surface area (Å²) in [6, 6.07) is 4.63. The van der Waals surface area contributed by atoms with Gasteiger partial charge in [0.25, 0.3) is 0 Å². The summed E-state index contributed by atoms with van der Waals surface area (Å²) in [4.78, 5) is 0. The number of nitrogens with one attached hydrogen (secondary N) is 1. The first-order valence-corrected chi connectivity index (χ1v) is 8.76. The fourth-order valence-electron chi connectivity index (χ4n) is 3.96. The van der Waals surface area contributed by atoms with Crippen LogP contribution in [0.2, 0.25) is 0 Å². The van der Waals surface area contributed by atoms with Gasteiger partial charge in [0.1, 0.15) is 17.6 Å². The smallest absolute Gasteiger partial charge is 0.123 e. The van der Waals surface area contributed by atoms with E-state index in [1.54, 1.807) is 7.11 Å².